The van der Waals surface area contributed by atoms with Crippen LogP contribution < -0.4 is 0 Å². The number of esters is 3. The van der Waals surface area contributed by atoms with E-state index in [4.69, 9.17) is 14.2 Å². The topological polar surface area (TPSA) is 78.9 Å². The van der Waals surface area contributed by atoms with Crippen LogP contribution in [0.1, 0.15) is 303 Å². The van der Waals surface area contributed by atoms with Crippen LogP contribution in [0.2, 0.25) is 0 Å². The molecule has 0 amide bonds. The second-order valence-electron chi connectivity index (χ2n) is 20.9. The Morgan fingerprint density at radius 2 is 0.520 bits per heavy atom. The van der Waals surface area contributed by atoms with Crippen LogP contribution in [0.25, 0.3) is 0 Å². The Balaban J connectivity index is 4.39. The third-order valence-electron chi connectivity index (χ3n) is 13.5. The van der Waals surface area contributed by atoms with Gasteiger partial charge in [0.2, 0.25) is 0 Å². The Labute approximate surface area is 464 Å². The van der Waals surface area contributed by atoms with Gasteiger partial charge in [-0.25, -0.2) is 0 Å². The molecule has 0 N–H and O–H groups in total. The number of unbranched alkanes of at least 4 members (excludes halogenated alkanes) is 30. The lowest BCUT2D eigenvalue weighted by Crippen LogP contribution is -2.30. The first kappa shape index (κ1) is 71.3. The quantitative estimate of drug-likeness (QED) is 0.0261. The number of hydrogen-bond donors (Lipinski definition) is 0. The lowest BCUT2D eigenvalue weighted by Gasteiger charge is -2.18. The van der Waals surface area contributed by atoms with E-state index in [2.05, 4.69) is 118 Å². The first-order chi connectivity index (χ1) is 37.0. The fraction of sp³-hybridized carbons (Fsp3) is 0.725. The summed E-state index contributed by atoms with van der Waals surface area (Å²) in [5.41, 5.74) is 0. The van der Waals surface area contributed by atoms with Crippen molar-refractivity contribution in [2.75, 3.05) is 13.2 Å². The Morgan fingerprint density at radius 1 is 0.280 bits per heavy atom. The van der Waals surface area contributed by atoms with Crippen LogP contribution in [0, 0.1) is 0 Å². The SMILES string of the molecule is CC/C=C\C/C=C\C/C=C\C/C=C\CCCCCCCCCCCCC(=O)OCC(COC(=O)CCCCCCC/C=C\CCCCCCCC)OC(=O)CCCCCCCC/C=C\C/C=C\C/C=C\CCCCC. The third-order valence-corrected chi connectivity index (χ3v) is 13.5. The van der Waals surface area contributed by atoms with E-state index in [1.165, 1.54) is 148 Å². The smallest absolute Gasteiger partial charge is 0.306 e. The summed E-state index contributed by atoms with van der Waals surface area (Å²) in [4.78, 5) is 38.3. The van der Waals surface area contributed by atoms with Crippen LogP contribution in [0.3, 0.4) is 0 Å². The van der Waals surface area contributed by atoms with E-state index in [-0.39, 0.29) is 31.1 Å². The minimum atomic E-state index is -0.792. The van der Waals surface area contributed by atoms with Crippen LogP contribution in [-0.4, -0.2) is 37.2 Å². The molecule has 0 saturated heterocycles. The standard InChI is InChI=1S/C69H118O6/c1-4-7-10-13-16-19-22-25-28-30-32-33-34-35-37-38-41-44-47-50-53-56-59-62-68(71)74-65-66(64-73-67(70)61-58-55-52-49-46-43-40-27-24-21-18-15-12-9-6-3)75-69(72)63-60-57-54-51-48-45-42-39-36-31-29-26-23-20-17-14-11-8-5-2/h7,10,16-17,19-20,25-29,32-33,36,39-40,66H,4-6,8-9,11-15,18,21-24,30-31,34-35,37-38,41-65H2,1-3H3/b10-7-,19-16-,20-17-,28-25-,29-26-,33-32-,39-36-,40-27-. The summed E-state index contributed by atoms with van der Waals surface area (Å²) >= 11 is 0. The van der Waals surface area contributed by atoms with Crippen molar-refractivity contribution in [2.24, 2.45) is 0 Å². The molecule has 1 atom stereocenters. The fourth-order valence-corrected chi connectivity index (χ4v) is 8.79. The summed E-state index contributed by atoms with van der Waals surface area (Å²) in [5, 5.41) is 0. The molecule has 6 heteroatoms. The lowest BCUT2D eigenvalue weighted by atomic mass is 10.1. The minimum Gasteiger partial charge on any atom is -0.462 e. The van der Waals surface area contributed by atoms with Crippen molar-refractivity contribution in [2.45, 2.75) is 309 Å². The van der Waals surface area contributed by atoms with Crippen LogP contribution in [0.5, 0.6) is 0 Å². The first-order valence-electron chi connectivity index (χ1n) is 31.7. The second kappa shape index (κ2) is 62.9. The first-order valence-corrected chi connectivity index (χ1v) is 31.7. The van der Waals surface area contributed by atoms with Crippen molar-refractivity contribution in [1.82, 2.24) is 0 Å². The molecule has 1 unspecified atom stereocenters. The highest BCUT2D eigenvalue weighted by molar-refractivity contribution is 5.71. The zero-order valence-electron chi connectivity index (χ0n) is 49.3. The van der Waals surface area contributed by atoms with E-state index < -0.39 is 6.10 Å². The molecule has 0 aliphatic carbocycles. The molecule has 0 aliphatic rings. The van der Waals surface area contributed by atoms with Crippen molar-refractivity contribution >= 4 is 17.9 Å². The predicted molar refractivity (Wildman–Crippen MR) is 325 cm³/mol. The number of ether oxygens (including phenoxy) is 3. The Kier molecular flexibility index (Phi) is 59.8. The van der Waals surface area contributed by atoms with E-state index in [1.807, 2.05) is 0 Å². The van der Waals surface area contributed by atoms with E-state index in [0.717, 1.165) is 116 Å². The monoisotopic (exact) mass is 1040 g/mol. The van der Waals surface area contributed by atoms with Gasteiger partial charge in [0.05, 0.1) is 0 Å². The molecule has 430 valence electrons. The van der Waals surface area contributed by atoms with Gasteiger partial charge in [-0.15, -0.1) is 0 Å². The molecule has 0 heterocycles. The fourth-order valence-electron chi connectivity index (χ4n) is 8.79. The van der Waals surface area contributed by atoms with Crippen LogP contribution in [0.4, 0.5) is 0 Å². The average molecular weight is 1040 g/mol. The normalized spacial score (nSPS) is 12.7. The van der Waals surface area contributed by atoms with Gasteiger partial charge < -0.3 is 14.2 Å². The molecule has 0 aromatic carbocycles. The number of rotatable bonds is 57. The molecule has 75 heavy (non-hydrogen) atoms. The highest BCUT2D eigenvalue weighted by atomic mass is 16.6. The second-order valence-corrected chi connectivity index (χ2v) is 20.9. The molecule has 0 saturated carbocycles. The van der Waals surface area contributed by atoms with Crippen molar-refractivity contribution in [1.29, 1.82) is 0 Å². The van der Waals surface area contributed by atoms with E-state index >= 15 is 0 Å². The van der Waals surface area contributed by atoms with E-state index in [0.29, 0.717) is 19.3 Å². The summed E-state index contributed by atoms with van der Waals surface area (Å²) in [6.07, 6.45) is 84.0. The molecular weight excluding hydrogens is 925 g/mol. The summed E-state index contributed by atoms with van der Waals surface area (Å²) in [6.45, 7) is 6.50. The van der Waals surface area contributed by atoms with Gasteiger partial charge in [-0.05, 0) is 122 Å². The highest BCUT2D eigenvalue weighted by Gasteiger charge is 2.19. The summed E-state index contributed by atoms with van der Waals surface area (Å²) in [5.74, 6) is -0.903. The highest BCUT2D eigenvalue weighted by Crippen LogP contribution is 2.15. The zero-order valence-corrected chi connectivity index (χ0v) is 49.3. The van der Waals surface area contributed by atoms with Crippen molar-refractivity contribution in [3.05, 3.63) is 97.2 Å². The van der Waals surface area contributed by atoms with Crippen LogP contribution in [0.15, 0.2) is 97.2 Å². The average Bonchev–Trinajstić information content (AvgIpc) is 3.41. The van der Waals surface area contributed by atoms with E-state index in [1.54, 1.807) is 0 Å². The molecule has 0 rings (SSSR count). The van der Waals surface area contributed by atoms with Gasteiger partial charge in [0.15, 0.2) is 6.10 Å². The Hall–Kier alpha value is -3.67. The Morgan fingerprint density at radius 3 is 0.853 bits per heavy atom. The van der Waals surface area contributed by atoms with Crippen LogP contribution >= 0.6 is 0 Å². The molecule has 0 aliphatic heterocycles. The van der Waals surface area contributed by atoms with Gasteiger partial charge in [-0.1, -0.05) is 259 Å². The van der Waals surface area contributed by atoms with Crippen molar-refractivity contribution < 1.29 is 28.6 Å². The van der Waals surface area contributed by atoms with Gasteiger partial charge in [-0.2, -0.15) is 0 Å². The van der Waals surface area contributed by atoms with Gasteiger partial charge in [0.25, 0.3) is 0 Å². The van der Waals surface area contributed by atoms with Gasteiger partial charge in [0.1, 0.15) is 13.2 Å². The number of allylic oxidation sites excluding steroid dienone is 16. The van der Waals surface area contributed by atoms with Crippen molar-refractivity contribution in [3.8, 4) is 0 Å². The molecular formula is C69H118O6. The van der Waals surface area contributed by atoms with Crippen LogP contribution in [-0.2, 0) is 28.6 Å². The van der Waals surface area contributed by atoms with Gasteiger partial charge in [0, 0.05) is 19.3 Å². The molecule has 0 spiro atoms. The van der Waals surface area contributed by atoms with Gasteiger partial charge in [-0.3, -0.25) is 14.4 Å². The predicted octanol–water partition coefficient (Wildman–Crippen LogP) is 21.7. The zero-order chi connectivity index (χ0) is 54.3. The lowest BCUT2D eigenvalue weighted by molar-refractivity contribution is -0.167. The van der Waals surface area contributed by atoms with Gasteiger partial charge >= 0.3 is 17.9 Å². The maximum Gasteiger partial charge on any atom is 0.306 e. The Bertz CT molecular complexity index is 1480. The van der Waals surface area contributed by atoms with E-state index in [9.17, 15) is 14.4 Å². The molecule has 0 aromatic rings. The maximum atomic E-state index is 12.9. The number of hydrogen-bond acceptors (Lipinski definition) is 6. The molecule has 6 nitrogen and oxygen atoms in total. The molecule has 0 bridgehead atoms. The van der Waals surface area contributed by atoms with Crippen molar-refractivity contribution in [3.63, 3.8) is 0 Å². The molecule has 0 aromatic heterocycles. The number of carbonyl (C=O) groups is 3. The molecule has 0 fully saturated rings. The maximum absolute atomic E-state index is 12.9. The number of carbonyl (C=O) groups excluding carboxylic acids is 3. The summed E-state index contributed by atoms with van der Waals surface area (Å²) in [7, 11) is 0. The largest absolute Gasteiger partial charge is 0.462 e. The minimum absolute atomic E-state index is 0.0873. The summed E-state index contributed by atoms with van der Waals surface area (Å²) in [6, 6.07) is 0. The third kappa shape index (κ3) is 61.1. The molecule has 0 radical (unpaired) electrons. The summed E-state index contributed by atoms with van der Waals surface area (Å²) < 4.78 is 16.9.